The molecule has 24 heavy (non-hydrogen) atoms. The van der Waals surface area contributed by atoms with Crippen molar-refractivity contribution < 1.29 is 14.3 Å². The largest absolute Gasteiger partial charge is 0.457 e. The van der Waals surface area contributed by atoms with Crippen molar-refractivity contribution in [2.45, 2.75) is 4.43 Å². The van der Waals surface area contributed by atoms with Crippen LogP contribution in [-0.2, 0) is 9.22 Å². The first kappa shape index (κ1) is 17.0. The number of imide groups is 1. The van der Waals surface area contributed by atoms with Gasteiger partial charge in [-0.2, -0.15) is 0 Å². The molecule has 0 spiro atoms. The zero-order valence-corrected chi connectivity index (χ0v) is 15.6. The predicted molar refractivity (Wildman–Crippen MR) is 105 cm³/mol. The lowest BCUT2D eigenvalue weighted by molar-refractivity contribution is -0.116. The van der Waals surface area contributed by atoms with Crippen LogP contribution < -0.4 is 10.1 Å². The normalized spacial score (nSPS) is 16.1. The monoisotopic (exact) mass is 451 g/mol. The number of carbonyl (C=O) groups excluding carboxylic acids is 2. The molecule has 1 aliphatic heterocycles. The van der Waals surface area contributed by atoms with E-state index in [0.717, 1.165) is 27.5 Å². The van der Waals surface area contributed by atoms with Crippen LogP contribution in [0.1, 0.15) is 11.1 Å². The van der Waals surface area contributed by atoms with E-state index in [1.54, 1.807) is 6.08 Å². The van der Waals surface area contributed by atoms with Gasteiger partial charge in [0.2, 0.25) is 0 Å². The van der Waals surface area contributed by atoms with Gasteiger partial charge in [0.1, 0.15) is 11.5 Å². The fourth-order valence-corrected chi connectivity index (χ4v) is 3.35. The molecule has 0 aromatic heterocycles. The molecule has 6 heteroatoms. The highest BCUT2D eigenvalue weighted by Gasteiger charge is 2.20. The first-order valence-corrected chi connectivity index (χ1v) is 9.76. The number of carbonyl (C=O) groups is 2. The van der Waals surface area contributed by atoms with Crippen LogP contribution in [0.5, 0.6) is 11.5 Å². The molecular formula is C18H14INO3S. The fraction of sp³-hybridized carbons (Fsp3) is 0.111. The highest BCUT2D eigenvalue weighted by molar-refractivity contribution is 14.1. The molecule has 3 rings (SSSR count). The first-order valence-electron chi connectivity index (χ1n) is 7.25. The van der Waals surface area contributed by atoms with E-state index in [4.69, 9.17) is 4.74 Å². The Balaban J connectivity index is 1.76. The van der Waals surface area contributed by atoms with Gasteiger partial charge in [-0.1, -0.05) is 58.6 Å². The van der Waals surface area contributed by atoms with Gasteiger partial charge in [0.25, 0.3) is 11.1 Å². The van der Waals surface area contributed by atoms with Crippen LogP contribution >= 0.6 is 34.4 Å². The molecule has 2 aromatic rings. The Labute approximate surface area is 157 Å². The maximum absolute atomic E-state index is 11.8. The van der Waals surface area contributed by atoms with Crippen molar-refractivity contribution in [3.05, 3.63) is 65.2 Å². The van der Waals surface area contributed by atoms with Crippen LogP contribution in [0.15, 0.2) is 54.1 Å². The summed E-state index contributed by atoms with van der Waals surface area (Å²) < 4.78 is 6.82. The van der Waals surface area contributed by atoms with Gasteiger partial charge in [0.15, 0.2) is 0 Å². The van der Waals surface area contributed by atoms with Crippen LogP contribution in [0.4, 0.5) is 4.79 Å². The molecule has 2 amide bonds. The van der Waals surface area contributed by atoms with Gasteiger partial charge in [-0.25, -0.2) is 0 Å². The standard InChI is InChI=1S/C18H14INO3S/c19-10-12-4-6-15(7-5-12)23-16-3-1-2-13(9-16)8-14-11-24-18(22)20-17(14)21/h1-9H,10-11H2,(H,20,21,22)/b14-8+. The number of benzene rings is 2. The summed E-state index contributed by atoms with van der Waals surface area (Å²) in [6.45, 7) is 0. The number of hydrogen-bond acceptors (Lipinski definition) is 4. The fourth-order valence-electron chi connectivity index (χ4n) is 2.18. The molecule has 1 saturated heterocycles. The summed E-state index contributed by atoms with van der Waals surface area (Å²) >= 11 is 3.41. The number of nitrogens with one attached hydrogen (secondary N) is 1. The van der Waals surface area contributed by atoms with Crippen molar-refractivity contribution in [2.24, 2.45) is 0 Å². The summed E-state index contributed by atoms with van der Waals surface area (Å²) in [6.07, 6.45) is 1.78. The molecule has 1 fully saturated rings. The second kappa shape index (κ2) is 7.85. The molecular weight excluding hydrogens is 437 g/mol. The minimum absolute atomic E-state index is 0.302. The smallest absolute Gasteiger partial charge is 0.286 e. The summed E-state index contributed by atoms with van der Waals surface area (Å²) in [5.74, 6) is 1.52. The molecule has 122 valence electrons. The quantitative estimate of drug-likeness (QED) is 0.413. The van der Waals surface area contributed by atoms with E-state index in [0.29, 0.717) is 17.1 Å². The Morgan fingerprint density at radius 3 is 2.62 bits per heavy atom. The number of amides is 2. The summed E-state index contributed by atoms with van der Waals surface area (Å²) in [5, 5.41) is 2.00. The zero-order valence-electron chi connectivity index (χ0n) is 12.6. The van der Waals surface area contributed by atoms with Gasteiger partial charge in [-0.05, 0) is 41.5 Å². The molecule has 0 saturated carbocycles. The Morgan fingerprint density at radius 1 is 1.12 bits per heavy atom. The molecule has 1 N–H and O–H groups in total. The topological polar surface area (TPSA) is 55.4 Å². The summed E-state index contributed by atoms with van der Waals surface area (Å²) in [7, 11) is 0. The Hall–Kier alpha value is -1.80. The molecule has 0 bridgehead atoms. The first-order chi connectivity index (χ1) is 11.6. The molecule has 4 nitrogen and oxygen atoms in total. The van der Waals surface area contributed by atoms with Gasteiger partial charge in [0.05, 0.1) is 0 Å². The summed E-state index contributed by atoms with van der Waals surface area (Å²) in [5.41, 5.74) is 2.68. The van der Waals surface area contributed by atoms with Gasteiger partial charge < -0.3 is 4.74 Å². The van der Waals surface area contributed by atoms with Crippen molar-refractivity contribution in [1.82, 2.24) is 5.32 Å². The third kappa shape index (κ3) is 4.39. The van der Waals surface area contributed by atoms with E-state index < -0.39 is 0 Å². The van der Waals surface area contributed by atoms with E-state index in [9.17, 15) is 9.59 Å². The zero-order chi connectivity index (χ0) is 16.9. The number of thioether (sulfide) groups is 1. The highest BCUT2D eigenvalue weighted by atomic mass is 127. The van der Waals surface area contributed by atoms with Gasteiger partial charge in [-0.15, -0.1) is 0 Å². The third-order valence-corrected chi connectivity index (χ3v) is 5.08. The van der Waals surface area contributed by atoms with Crippen molar-refractivity contribution in [3.8, 4) is 11.5 Å². The lowest BCUT2D eigenvalue weighted by Crippen LogP contribution is -2.33. The van der Waals surface area contributed by atoms with Gasteiger partial charge in [0, 0.05) is 15.8 Å². The average molecular weight is 451 g/mol. The van der Waals surface area contributed by atoms with Crippen molar-refractivity contribution in [2.75, 3.05) is 5.75 Å². The average Bonchev–Trinajstić information content (AvgIpc) is 2.58. The number of ether oxygens (including phenoxy) is 1. The highest BCUT2D eigenvalue weighted by Crippen LogP contribution is 2.25. The van der Waals surface area contributed by atoms with Gasteiger partial charge in [-0.3, -0.25) is 14.9 Å². The minimum Gasteiger partial charge on any atom is -0.457 e. The lowest BCUT2D eigenvalue weighted by atomic mass is 10.1. The van der Waals surface area contributed by atoms with Crippen LogP contribution in [0.2, 0.25) is 0 Å². The number of hydrogen-bond donors (Lipinski definition) is 1. The van der Waals surface area contributed by atoms with Crippen LogP contribution in [0, 0.1) is 0 Å². The van der Waals surface area contributed by atoms with E-state index in [1.165, 1.54) is 5.56 Å². The number of rotatable bonds is 4. The number of halogens is 1. The minimum atomic E-state index is -0.334. The maximum Gasteiger partial charge on any atom is 0.286 e. The van der Waals surface area contributed by atoms with Crippen LogP contribution in [-0.4, -0.2) is 16.9 Å². The van der Waals surface area contributed by atoms with Crippen LogP contribution in [0.25, 0.3) is 6.08 Å². The molecule has 0 atom stereocenters. The molecule has 0 aliphatic carbocycles. The van der Waals surface area contributed by atoms with Crippen molar-refractivity contribution >= 4 is 51.6 Å². The van der Waals surface area contributed by atoms with E-state index >= 15 is 0 Å². The molecule has 2 aromatic carbocycles. The van der Waals surface area contributed by atoms with E-state index in [1.807, 2.05) is 48.5 Å². The SMILES string of the molecule is O=C1NC(=O)/C(=C/c2cccc(Oc3ccc(CI)cc3)c2)CS1. The second-order valence-corrected chi connectivity index (χ2v) is 6.86. The van der Waals surface area contributed by atoms with E-state index in [-0.39, 0.29) is 11.1 Å². The predicted octanol–water partition coefficient (Wildman–Crippen LogP) is 4.78. The summed E-state index contributed by atoms with van der Waals surface area (Å²) in [6, 6.07) is 15.5. The van der Waals surface area contributed by atoms with E-state index in [2.05, 4.69) is 27.9 Å². The molecule has 0 radical (unpaired) electrons. The Bertz CT molecular complexity index is 802. The molecule has 1 heterocycles. The number of alkyl halides is 1. The third-order valence-electron chi connectivity index (χ3n) is 3.38. The van der Waals surface area contributed by atoms with Crippen molar-refractivity contribution in [3.63, 3.8) is 0 Å². The second-order valence-electron chi connectivity index (χ2n) is 5.15. The van der Waals surface area contributed by atoms with Gasteiger partial charge >= 0.3 is 0 Å². The maximum atomic E-state index is 11.8. The Morgan fingerprint density at radius 2 is 1.92 bits per heavy atom. The van der Waals surface area contributed by atoms with Crippen LogP contribution in [0.3, 0.4) is 0 Å². The molecule has 0 unspecified atom stereocenters. The summed E-state index contributed by atoms with van der Waals surface area (Å²) in [4.78, 5) is 23.0. The van der Waals surface area contributed by atoms with Crippen molar-refractivity contribution in [1.29, 1.82) is 0 Å². The lowest BCUT2D eigenvalue weighted by Gasteiger charge is -2.13. The molecule has 1 aliphatic rings. The Kier molecular flexibility index (Phi) is 5.57.